The number of fused-ring (bicyclic) bond motifs is 1. The molecule has 0 aromatic rings. The molecule has 3 atom stereocenters. The molecule has 0 aliphatic heterocycles. The molecule has 74 valence electrons. The van der Waals surface area contributed by atoms with Crippen molar-refractivity contribution in [1.82, 2.24) is 0 Å². The topological polar surface area (TPSA) is 20.2 Å². The number of rotatable bonds is 0. The van der Waals surface area contributed by atoms with Crippen LogP contribution in [0.5, 0.6) is 0 Å². The smallest absolute Gasteiger partial charge is 0.0613 e. The first-order valence-corrected chi connectivity index (χ1v) is 5.37. The van der Waals surface area contributed by atoms with Gasteiger partial charge in [0, 0.05) is 5.92 Å². The van der Waals surface area contributed by atoms with Crippen LogP contribution in [-0.2, 0) is 0 Å². The molecule has 2 aliphatic carbocycles. The Morgan fingerprint density at radius 3 is 2.77 bits per heavy atom. The fourth-order valence-electron chi connectivity index (χ4n) is 3.39. The van der Waals surface area contributed by atoms with Gasteiger partial charge in [0.1, 0.15) is 0 Å². The van der Waals surface area contributed by atoms with Crippen molar-refractivity contribution in [2.75, 3.05) is 0 Å². The molecule has 1 N–H and O–H groups in total. The molecular weight excluding hydrogens is 160 g/mol. The average Bonchev–Trinajstić information content (AvgIpc) is 2.24. The molecule has 1 fully saturated rings. The minimum atomic E-state index is -0.0865. The summed E-state index contributed by atoms with van der Waals surface area (Å²) in [6, 6.07) is 0. The van der Waals surface area contributed by atoms with Crippen molar-refractivity contribution in [3.8, 4) is 0 Å². The van der Waals surface area contributed by atoms with Crippen LogP contribution < -0.4 is 0 Å². The minimum Gasteiger partial charge on any atom is -0.392 e. The third-order valence-electron chi connectivity index (χ3n) is 4.06. The van der Waals surface area contributed by atoms with Crippen LogP contribution in [0.3, 0.4) is 0 Å². The lowest BCUT2D eigenvalue weighted by atomic mass is 9.71. The number of aliphatic hydroxyl groups is 1. The second-order valence-corrected chi connectivity index (χ2v) is 5.42. The third kappa shape index (κ3) is 1.34. The van der Waals surface area contributed by atoms with Crippen LogP contribution in [0.25, 0.3) is 0 Å². The standard InChI is InChI=1S/C12H20O/c1-8-5-4-6-9-11(8)10(13)7-12(9,2)3/h5,9-11,13H,4,6-7H2,1-3H3/t9-,10-,11-/m1/s1. The van der Waals surface area contributed by atoms with Gasteiger partial charge in [0.25, 0.3) is 0 Å². The predicted octanol–water partition coefficient (Wildman–Crippen LogP) is 2.75. The molecule has 0 bridgehead atoms. The zero-order valence-electron chi connectivity index (χ0n) is 8.88. The molecule has 0 heterocycles. The summed E-state index contributed by atoms with van der Waals surface area (Å²) in [6.07, 6.45) is 5.69. The number of aliphatic hydroxyl groups excluding tert-OH is 1. The molecule has 0 saturated heterocycles. The first-order chi connectivity index (χ1) is 6.02. The molecule has 2 rings (SSSR count). The van der Waals surface area contributed by atoms with Gasteiger partial charge in [-0.05, 0) is 37.5 Å². The van der Waals surface area contributed by atoms with Gasteiger partial charge >= 0.3 is 0 Å². The fraction of sp³-hybridized carbons (Fsp3) is 0.833. The van der Waals surface area contributed by atoms with Gasteiger partial charge in [0.15, 0.2) is 0 Å². The molecule has 2 aliphatic rings. The highest BCUT2D eigenvalue weighted by molar-refractivity contribution is 5.17. The Morgan fingerprint density at radius 2 is 2.15 bits per heavy atom. The van der Waals surface area contributed by atoms with E-state index in [1.807, 2.05) is 0 Å². The van der Waals surface area contributed by atoms with Gasteiger partial charge < -0.3 is 5.11 Å². The van der Waals surface area contributed by atoms with E-state index in [9.17, 15) is 5.11 Å². The molecular formula is C12H20O. The second-order valence-electron chi connectivity index (χ2n) is 5.42. The second kappa shape index (κ2) is 2.84. The summed E-state index contributed by atoms with van der Waals surface area (Å²) in [6.45, 7) is 6.79. The SMILES string of the molecule is CC1=CCC[C@@H]2[C@@H]1[C@H](O)CC2(C)C. The van der Waals surface area contributed by atoms with Gasteiger partial charge in [-0.3, -0.25) is 0 Å². The van der Waals surface area contributed by atoms with E-state index in [-0.39, 0.29) is 6.10 Å². The lowest BCUT2D eigenvalue weighted by molar-refractivity contribution is 0.131. The summed E-state index contributed by atoms with van der Waals surface area (Å²) < 4.78 is 0. The largest absolute Gasteiger partial charge is 0.392 e. The van der Waals surface area contributed by atoms with Crippen molar-refractivity contribution in [3.63, 3.8) is 0 Å². The molecule has 13 heavy (non-hydrogen) atoms. The number of hydrogen-bond acceptors (Lipinski definition) is 1. The van der Waals surface area contributed by atoms with Crippen LogP contribution in [0, 0.1) is 17.3 Å². The van der Waals surface area contributed by atoms with Crippen molar-refractivity contribution < 1.29 is 5.11 Å². The Balaban J connectivity index is 2.31. The fourth-order valence-corrected chi connectivity index (χ4v) is 3.39. The monoisotopic (exact) mass is 180 g/mol. The molecule has 0 spiro atoms. The molecule has 0 unspecified atom stereocenters. The summed E-state index contributed by atoms with van der Waals surface area (Å²) in [7, 11) is 0. The quantitative estimate of drug-likeness (QED) is 0.568. The van der Waals surface area contributed by atoms with Gasteiger partial charge in [-0.15, -0.1) is 0 Å². The van der Waals surface area contributed by atoms with Gasteiger partial charge in [-0.1, -0.05) is 25.5 Å². The van der Waals surface area contributed by atoms with E-state index in [1.54, 1.807) is 0 Å². The van der Waals surface area contributed by atoms with Gasteiger partial charge in [-0.25, -0.2) is 0 Å². The van der Waals surface area contributed by atoms with Crippen molar-refractivity contribution in [2.45, 2.75) is 46.1 Å². The summed E-state index contributed by atoms with van der Waals surface area (Å²) in [4.78, 5) is 0. The van der Waals surface area contributed by atoms with E-state index < -0.39 is 0 Å². The van der Waals surface area contributed by atoms with E-state index in [1.165, 1.54) is 18.4 Å². The van der Waals surface area contributed by atoms with Crippen LogP contribution in [0.15, 0.2) is 11.6 Å². The third-order valence-corrected chi connectivity index (χ3v) is 4.06. The maximum Gasteiger partial charge on any atom is 0.0613 e. The molecule has 1 heteroatoms. The van der Waals surface area contributed by atoms with Crippen LogP contribution in [0.2, 0.25) is 0 Å². The highest BCUT2D eigenvalue weighted by Gasteiger charge is 2.48. The van der Waals surface area contributed by atoms with E-state index in [0.717, 1.165) is 6.42 Å². The van der Waals surface area contributed by atoms with Gasteiger partial charge in [0.2, 0.25) is 0 Å². The molecule has 0 amide bonds. The van der Waals surface area contributed by atoms with Crippen molar-refractivity contribution in [1.29, 1.82) is 0 Å². The van der Waals surface area contributed by atoms with Crippen molar-refractivity contribution >= 4 is 0 Å². The summed E-state index contributed by atoms with van der Waals surface area (Å²) >= 11 is 0. The zero-order chi connectivity index (χ0) is 9.64. The van der Waals surface area contributed by atoms with E-state index >= 15 is 0 Å². The number of hydrogen-bond donors (Lipinski definition) is 1. The number of allylic oxidation sites excluding steroid dienone is 1. The summed E-state index contributed by atoms with van der Waals surface area (Å²) in [5.74, 6) is 1.18. The maximum absolute atomic E-state index is 9.99. The Labute approximate surface area is 80.8 Å². The lowest BCUT2D eigenvalue weighted by Crippen LogP contribution is -2.26. The van der Waals surface area contributed by atoms with Crippen LogP contribution in [0.1, 0.15) is 40.0 Å². The Kier molecular flexibility index (Phi) is 2.03. The lowest BCUT2D eigenvalue weighted by Gasteiger charge is -2.33. The molecule has 0 aromatic carbocycles. The van der Waals surface area contributed by atoms with Crippen LogP contribution in [0.4, 0.5) is 0 Å². The molecule has 0 aromatic heterocycles. The predicted molar refractivity (Wildman–Crippen MR) is 54.4 cm³/mol. The normalized spacial score (nSPS) is 42.8. The van der Waals surface area contributed by atoms with Crippen molar-refractivity contribution in [2.24, 2.45) is 17.3 Å². The molecule has 1 nitrogen and oxygen atoms in total. The maximum atomic E-state index is 9.99. The highest BCUT2D eigenvalue weighted by Crippen LogP contribution is 2.53. The Bertz CT molecular complexity index is 240. The first kappa shape index (κ1) is 9.26. The van der Waals surface area contributed by atoms with Crippen LogP contribution >= 0.6 is 0 Å². The van der Waals surface area contributed by atoms with E-state index in [0.29, 0.717) is 17.3 Å². The Hall–Kier alpha value is -0.300. The van der Waals surface area contributed by atoms with E-state index in [2.05, 4.69) is 26.8 Å². The van der Waals surface area contributed by atoms with Gasteiger partial charge in [-0.2, -0.15) is 0 Å². The minimum absolute atomic E-state index is 0.0865. The highest BCUT2D eigenvalue weighted by atomic mass is 16.3. The molecule has 0 radical (unpaired) electrons. The van der Waals surface area contributed by atoms with Gasteiger partial charge in [0.05, 0.1) is 6.10 Å². The van der Waals surface area contributed by atoms with Crippen LogP contribution in [-0.4, -0.2) is 11.2 Å². The van der Waals surface area contributed by atoms with E-state index in [4.69, 9.17) is 0 Å². The first-order valence-electron chi connectivity index (χ1n) is 5.37. The Morgan fingerprint density at radius 1 is 1.46 bits per heavy atom. The zero-order valence-corrected chi connectivity index (χ0v) is 8.88. The average molecular weight is 180 g/mol. The summed E-state index contributed by atoms with van der Waals surface area (Å²) in [5, 5.41) is 9.99. The molecule has 1 saturated carbocycles. The summed E-state index contributed by atoms with van der Waals surface area (Å²) in [5.41, 5.74) is 1.77. The van der Waals surface area contributed by atoms with Crippen molar-refractivity contribution in [3.05, 3.63) is 11.6 Å².